The number of amides is 2. The van der Waals surface area contributed by atoms with E-state index in [4.69, 9.17) is 9.47 Å². The molecule has 0 atom stereocenters. The third kappa shape index (κ3) is 6.02. The van der Waals surface area contributed by atoms with E-state index in [1.165, 1.54) is 4.90 Å². The van der Waals surface area contributed by atoms with Gasteiger partial charge in [0.2, 0.25) is 5.91 Å². The number of hydrogen-bond acceptors (Lipinski definition) is 5. The SMILES string of the molecule is CCN(CC(=O)Nc1ccc(N2CCOCC2)cc1)C(=O)COc1ccc2ccccc2c1. The number of nitrogens with one attached hydrogen (secondary N) is 1. The Hall–Kier alpha value is -3.58. The molecule has 3 aromatic carbocycles. The maximum atomic E-state index is 12.6. The molecule has 0 aliphatic carbocycles. The van der Waals surface area contributed by atoms with Gasteiger partial charge in [-0.15, -0.1) is 0 Å². The van der Waals surface area contributed by atoms with Crippen LogP contribution in [0.25, 0.3) is 10.8 Å². The molecule has 1 fully saturated rings. The van der Waals surface area contributed by atoms with Gasteiger partial charge < -0.3 is 24.6 Å². The monoisotopic (exact) mass is 447 g/mol. The summed E-state index contributed by atoms with van der Waals surface area (Å²) < 4.78 is 11.1. The van der Waals surface area contributed by atoms with E-state index in [1.54, 1.807) is 0 Å². The van der Waals surface area contributed by atoms with Gasteiger partial charge in [0, 0.05) is 31.0 Å². The van der Waals surface area contributed by atoms with E-state index in [2.05, 4.69) is 10.2 Å². The summed E-state index contributed by atoms with van der Waals surface area (Å²) in [6.07, 6.45) is 0. The molecule has 1 heterocycles. The summed E-state index contributed by atoms with van der Waals surface area (Å²) in [4.78, 5) is 28.9. The Labute approximate surface area is 193 Å². The molecule has 0 saturated carbocycles. The van der Waals surface area contributed by atoms with E-state index in [-0.39, 0.29) is 25.0 Å². The highest BCUT2D eigenvalue weighted by Gasteiger charge is 2.17. The summed E-state index contributed by atoms with van der Waals surface area (Å²) in [6.45, 7) is 5.30. The summed E-state index contributed by atoms with van der Waals surface area (Å²) in [5.41, 5.74) is 1.81. The number of carbonyl (C=O) groups is 2. The molecule has 0 radical (unpaired) electrons. The van der Waals surface area contributed by atoms with Crippen LogP contribution in [0.15, 0.2) is 66.7 Å². The number of fused-ring (bicyclic) bond motifs is 1. The van der Waals surface area contributed by atoms with Crippen LogP contribution in [0.1, 0.15) is 6.92 Å². The highest BCUT2D eigenvalue weighted by Crippen LogP contribution is 2.21. The summed E-state index contributed by atoms with van der Waals surface area (Å²) >= 11 is 0. The molecule has 33 heavy (non-hydrogen) atoms. The van der Waals surface area contributed by atoms with Crippen molar-refractivity contribution in [1.82, 2.24) is 4.90 Å². The molecule has 3 aromatic rings. The van der Waals surface area contributed by atoms with E-state index in [0.717, 1.165) is 42.8 Å². The zero-order valence-corrected chi connectivity index (χ0v) is 18.8. The van der Waals surface area contributed by atoms with Crippen LogP contribution in [0.2, 0.25) is 0 Å². The Kier molecular flexibility index (Phi) is 7.42. The Morgan fingerprint density at radius 1 is 1.00 bits per heavy atom. The Bertz CT molecular complexity index is 1090. The third-order valence-corrected chi connectivity index (χ3v) is 5.68. The Balaban J connectivity index is 1.28. The van der Waals surface area contributed by atoms with Crippen LogP contribution in [-0.4, -0.2) is 62.7 Å². The smallest absolute Gasteiger partial charge is 0.260 e. The van der Waals surface area contributed by atoms with Gasteiger partial charge in [0.25, 0.3) is 5.91 Å². The molecule has 4 rings (SSSR count). The quantitative estimate of drug-likeness (QED) is 0.572. The maximum absolute atomic E-state index is 12.6. The molecule has 1 saturated heterocycles. The molecule has 1 N–H and O–H groups in total. The third-order valence-electron chi connectivity index (χ3n) is 5.68. The molecule has 0 unspecified atom stereocenters. The van der Waals surface area contributed by atoms with Crippen molar-refractivity contribution < 1.29 is 19.1 Å². The van der Waals surface area contributed by atoms with Gasteiger partial charge in [-0.1, -0.05) is 30.3 Å². The van der Waals surface area contributed by atoms with Crippen LogP contribution in [0.3, 0.4) is 0 Å². The lowest BCUT2D eigenvalue weighted by molar-refractivity contribution is -0.136. The first-order valence-corrected chi connectivity index (χ1v) is 11.2. The van der Waals surface area contributed by atoms with Crippen molar-refractivity contribution in [3.63, 3.8) is 0 Å². The number of anilines is 2. The van der Waals surface area contributed by atoms with Gasteiger partial charge in [0.05, 0.1) is 19.8 Å². The molecule has 172 valence electrons. The molecular weight excluding hydrogens is 418 g/mol. The van der Waals surface area contributed by atoms with E-state index in [1.807, 2.05) is 73.7 Å². The molecule has 7 nitrogen and oxygen atoms in total. The molecule has 0 spiro atoms. The van der Waals surface area contributed by atoms with E-state index in [9.17, 15) is 9.59 Å². The van der Waals surface area contributed by atoms with Crippen molar-refractivity contribution in [2.75, 3.05) is 56.2 Å². The van der Waals surface area contributed by atoms with E-state index < -0.39 is 0 Å². The van der Waals surface area contributed by atoms with Crippen molar-refractivity contribution in [2.45, 2.75) is 6.92 Å². The summed E-state index contributed by atoms with van der Waals surface area (Å²) in [7, 11) is 0. The van der Waals surface area contributed by atoms with Crippen molar-refractivity contribution in [2.24, 2.45) is 0 Å². The number of nitrogens with zero attached hydrogens (tertiary/aromatic N) is 2. The normalized spacial score (nSPS) is 13.5. The summed E-state index contributed by atoms with van der Waals surface area (Å²) in [5, 5.41) is 5.03. The lowest BCUT2D eigenvalue weighted by Gasteiger charge is -2.29. The second-order valence-corrected chi connectivity index (χ2v) is 7.90. The predicted octanol–water partition coefficient (Wildman–Crippen LogP) is 3.54. The number of rotatable bonds is 8. The van der Waals surface area contributed by atoms with Crippen molar-refractivity contribution in [3.05, 3.63) is 66.7 Å². The molecule has 1 aliphatic rings. The second kappa shape index (κ2) is 10.8. The molecular formula is C26H29N3O4. The molecule has 1 aliphatic heterocycles. The van der Waals surface area contributed by atoms with Crippen molar-refractivity contribution >= 4 is 34.0 Å². The minimum atomic E-state index is -0.241. The molecule has 0 aromatic heterocycles. The zero-order valence-electron chi connectivity index (χ0n) is 18.8. The fourth-order valence-corrected chi connectivity index (χ4v) is 3.82. The fourth-order valence-electron chi connectivity index (χ4n) is 3.82. The first kappa shape index (κ1) is 22.6. The van der Waals surface area contributed by atoms with Gasteiger partial charge in [-0.05, 0) is 54.1 Å². The van der Waals surface area contributed by atoms with Crippen LogP contribution < -0.4 is 15.0 Å². The number of ether oxygens (including phenoxy) is 2. The number of hydrogen-bond donors (Lipinski definition) is 1. The summed E-state index contributed by atoms with van der Waals surface area (Å²) in [6, 6.07) is 21.4. The largest absolute Gasteiger partial charge is 0.484 e. The standard InChI is InChI=1S/C26H29N3O4/c1-2-28(26(31)19-33-24-12-7-20-5-3-4-6-21(20)17-24)18-25(30)27-22-8-10-23(11-9-22)29-13-15-32-16-14-29/h3-12,17H,2,13-16,18-19H2,1H3,(H,27,30). The Morgan fingerprint density at radius 2 is 1.73 bits per heavy atom. The van der Waals surface area contributed by atoms with Gasteiger partial charge in [-0.25, -0.2) is 0 Å². The molecule has 0 bridgehead atoms. The fraction of sp³-hybridized carbons (Fsp3) is 0.308. The highest BCUT2D eigenvalue weighted by atomic mass is 16.5. The van der Waals surface area contributed by atoms with Crippen LogP contribution in [0.4, 0.5) is 11.4 Å². The number of likely N-dealkylation sites (N-methyl/N-ethyl adjacent to an activating group) is 1. The van der Waals surface area contributed by atoms with Gasteiger partial charge >= 0.3 is 0 Å². The lowest BCUT2D eigenvalue weighted by Crippen LogP contribution is -2.40. The second-order valence-electron chi connectivity index (χ2n) is 7.90. The lowest BCUT2D eigenvalue weighted by atomic mass is 10.1. The minimum Gasteiger partial charge on any atom is -0.484 e. The highest BCUT2D eigenvalue weighted by molar-refractivity contribution is 5.95. The van der Waals surface area contributed by atoms with Crippen molar-refractivity contribution in [1.29, 1.82) is 0 Å². The summed E-state index contributed by atoms with van der Waals surface area (Å²) in [5.74, 6) is 0.154. The van der Waals surface area contributed by atoms with Crippen LogP contribution in [0, 0.1) is 0 Å². The Morgan fingerprint density at radius 3 is 2.45 bits per heavy atom. The first-order valence-electron chi connectivity index (χ1n) is 11.2. The van der Waals surface area contributed by atoms with Gasteiger partial charge in [-0.2, -0.15) is 0 Å². The van der Waals surface area contributed by atoms with Gasteiger partial charge in [-0.3, -0.25) is 9.59 Å². The van der Waals surface area contributed by atoms with Gasteiger partial charge in [0.1, 0.15) is 5.75 Å². The molecule has 7 heteroatoms. The molecule has 2 amide bonds. The average molecular weight is 448 g/mol. The maximum Gasteiger partial charge on any atom is 0.260 e. The van der Waals surface area contributed by atoms with E-state index in [0.29, 0.717) is 18.0 Å². The number of benzene rings is 3. The number of carbonyl (C=O) groups excluding carboxylic acids is 2. The number of morpholine rings is 1. The van der Waals surface area contributed by atoms with Crippen molar-refractivity contribution in [3.8, 4) is 5.75 Å². The predicted molar refractivity (Wildman–Crippen MR) is 130 cm³/mol. The van der Waals surface area contributed by atoms with Crippen LogP contribution in [-0.2, 0) is 14.3 Å². The van der Waals surface area contributed by atoms with Gasteiger partial charge in [0.15, 0.2) is 6.61 Å². The van der Waals surface area contributed by atoms with Crippen LogP contribution in [0.5, 0.6) is 5.75 Å². The average Bonchev–Trinajstić information content (AvgIpc) is 2.86. The topological polar surface area (TPSA) is 71.1 Å². The minimum absolute atomic E-state index is 0.0262. The first-order chi connectivity index (χ1) is 16.1. The van der Waals surface area contributed by atoms with Crippen LogP contribution >= 0.6 is 0 Å². The zero-order chi connectivity index (χ0) is 23.0. The van der Waals surface area contributed by atoms with E-state index >= 15 is 0 Å².